The first kappa shape index (κ1) is 8.97. The maximum atomic E-state index is 11.8. The first-order valence-electron chi connectivity index (χ1n) is 4.90. The summed E-state index contributed by atoms with van der Waals surface area (Å²) in [5.41, 5.74) is 2.13. The van der Waals surface area contributed by atoms with Gasteiger partial charge in [-0.15, -0.1) is 0 Å². The Balaban J connectivity index is 2.08. The molecule has 3 nitrogen and oxygen atoms in total. The summed E-state index contributed by atoms with van der Waals surface area (Å²) in [6.07, 6.45) is 0. The summed E-state index contributed by atoms with van der Waals surface area (Å²) in [5, 5.41) is 0.865. The summed E-state index contributed by atoms with van der Waals surface area (Å²) in [6.45, 7) is 2.60. The average molecular weight is 218 g/mol. The summed E-state index contributed by atoms with van der Waals surface area (Å²) in [6, 6.07) is 7.98. The van der Waals surface area contributed by atoms with Crippen LogP contribution >= 0.6 is 11.8 Å². The Morgan fingerprint density at radius 2 is 2.27 bits per heavy atom. The first-order chi connectivity index (χ1) is 7.25. The van der Waals surface area contributed by atoms with Gasteiger partial charge in [-0.25, -0.2) is 4.99 Å². The van der Waals surface area contributed by atoms with Crippen LogP contribution in [0.5, 0.6) is 0 Å². The topological polar surface area (TPSA) is 32.7 Å². The van der Waals surface area contributed by atoms with Crippen LogP contribution < -0.4 is 0 Å². The molecule has 4 heteroatoms. The fraction of sp³-hybridized carbons (Fsp3) is 0.273. The molecule has 76 valence electrons. The molecule has 2 heterocycles. The lowest BCUT2D eigenvalue weighted by atomic mass is 10.1. The van der Waals surface area contributed by atoms with E-state index in [0.717, 1.165) is 16.4 Å². The van der Waals surface area contributed by atoms with E-state index in [1.54, 1.807) is 16.7 Å². The Kier molecular flexibility index (Phi) is 1.85. The van der Waals surface area contributed by atoms with Gasteiger partial charge in [-0.05, 0) is 18.6 Å². The number of carbonyl (C=O) groups is 1. The molecular formula is C11H10N2OS. The van der Waals surface area contributed by atoms with Gasteiger partial charge in [0.2, 0.25) is 5.91 Å². The molecule has 0 unspecified atom stereocenters. The normalized spacial score (nSPS) is 23.5. The molecule has 0 aliphatic carbocycles. The van der Waals surface area contributed by atoms with E-state index in [1.807, 2.05) is 31.2 Å². The van der Waals surface area contributed by atoms with E-state index in [-0.39, 0.29) is 11.2 Å². The Labute approximate surface area is 92.2 Å². The molecule has 1 aromatic carbocycles. The molecule has 0 radical (unpaired) electrons. The molecule has 1 aromatic rings. The summed E-state index contributed by atoms with van der Waals surface area (Å²) in [4.78, 5) is 18.0. The van der Waals surface area contributed by atoms with Gasteiger partial charge in [0.15, 0.2) is 5.17 Å². The van der Waals surface area contributed by atoms with Gasteiger partial charge >= 0.3 is 0 Å². The predicted molar refractivity (Wildman–Crippen MR) is 61.1 cm³/mol. The van der Waals surface area contributed by atoms with Crippen LogP contribution in [0.25, 0.3) is 0 Å². The van der Waals surface area contributed by atoms with E-state index in [0.29, 0.717) is 6.54 Å². The van der Waals surface area contributed by atoms with Gasteiger partial charge in [0.25, 0.3) is 0 Å². The van der Waals surface area contributed by atoms with Gasteiger partial charge in [-0.2, -0.15) is 0 Å². The maximum absolute atomic E-state index is 11.8. The van der Waals surface area contributed by atoms with Crippen molar-refractivity contribution >= 4 is 28.5 Å². The number of nitrogens with zero attached hydrogens (tertiary/aromatic N) is 2. The lowest BCUT2D eigenvalue weighted by molar-refractivity contribution is -0.126. The zero-order chi connectivity index (χ0) is 10.4. The molecular weight excluding hydrogens is 208 g/mol. The van der Waals surface area contributed by atoms with Crippen molar-refractivity contribution in [1.29, 1.82) is 0 Å². The highest BCUT2D eigenvalue weighted by atomic mass is 32.2. The maximum Gasteiger partial charge on any atom is 0.242 e. The second kappa shape index (κ2) is 3.10. The van der Waals surface area contributed by atoms with E-state index >= 15 is 0 Å². The number of amides is 1. The molecule has 15 heavy (non-hydrogen) atoms. The molecule has 1 atom stereocenters. The summed E-state index contributed by atoms with van der Waals surface area (Å²) in [5.74, 6) is 0.174. The molecule has 0 saturated carbocycles. The predicted octanol–water partition coefficient (Wildman–Crippen LogP) is 2.15. The van der Waals surface area contributed by atoms with Crippen LogP contribution in [-0.4, -0.2) is 21.2 Å². The Hall–Kier alpha value is -1.29. The third-order valence-electron chi connectivity index (χ3n) is 2.66. The highest BCUT2D eigenvalue weighted by Gasteiger charge is 2.37. The van der Waals surface area contributed by atoms with Crippen molar-refractivity contribution in [1.82, 2.24) is 4.90 Å². The molecule has 0 N–H and O–H groups in total. The number of benzene rings is 1. The van der Waals surface area contributed by atoms with Crippen molar-refractivity contribution in [2.45, 2.75) is 18.7 Å². The van der Waals surface area contributed by atoms with Crippen molar-refractivity contribution in [2.24, 2.45) is 4.99 Å². The van der Waals surface area contributed by atoms with E-state index in [2.05, 4.69) is 4.99 Å². The summed E-state index contributed by atoms with van der Waals surface area (Å²) in [7, 11) is 0. The van der Waals surface area contributed by atoms with Crippen LogP contribution in [-0.2, 0) is 11.3 Å². The van der Waals surface area contributed by atoms with Crippen molar-refractivity contribution in [3.05, 3.63) is 29.8 Å². The lowest BCUT2D eigenvalue weighted by Gasteiger charge is -2.21. The highest BCUT2D eigenvalue weighted by molar-refractivity contribution is 8.15. The quantitative estimate of drug-likeness (QED) is 0.668. The van der Waals surface area contributed by atoms with Crippen LogP contribution in [0.2, 0.25) is 0 Å². The number of hydrogen-bond acceptors (Lipinski definition) is 3. The summed E-state index contributed by atoms with van der Waals surface area (Å²) < 4.78 is 0. The second-order valence-electron chi connectivity index (χ2n) is 3.71. The molecule has 1 fully saturated rings. The van der Waals surface area contributed by atoms with Gasteiger partial charge in [0.1, 0.15) is 0 Å². The number of para-hydroxylation sites is 1. The molecule has 0 aromatic heterocycles. The Morgan fingerprint density at radius 1 is 1.47 bits per heavy atom. The molecule has 0 spiro atoms. The monoisotopic (exact) mass is 218 g/mol. The number of aliphatic imine (C=N–C) groups is 1. The third-order valence-corrected chi connectivity index (χ3v) is 3.74. The van der Waals surface area contributed by atoms with Gasteiger partial charge in [0.05, 0.1) is 17.5 Å². The van der Waals surface area contributed by atoms with Gasteiger partial charge in [-0.1, -0.05) is 30.0 Å². The highest BCUT2D eigenvalue weighted by Crippen LogP contribution is 2.35. The SMILES string of the molecule is C[C@H]1SC2=Nc3ccccc3CN2C1=O. The summed E-state index contributed by atoms with van der Waals surface area (Å²) >= 11 is 1.55. The van der Waals surface area contributed by atoms with Crippen LogP contribution in [0.3, 0.4) is 0 Å². The van der Waals surface area contributed by atoms with Crippen LogP contribution in [0.4, 0.5) is 5.69 Å². The molecule has 2 aliphatic heterocycles. The molecule has 1 saturated heterocycles. The minimum Gasteiger partial charge on any atom is -0.286 e. The third kappa shape index (κ3) is 1.28. The molecule has 1 amide bonds. The van der Waals surface area contributed by atoms with Gasteiger partial charge in [-0.3, -0.25) is 9.69 Å². The van der Waals surface area contributed by atoms with E-state index in [1.165, 1.54) is 0 Å². The number of hydrogen-bond donors (Lipinski definition) is 0. The smallest absolute Gasteiger partial charge is 0.242 e. The lowest BCUT2D eigenvalue weighted by Crippen LogP contribution is -2.32. The van der Waals surface area contributed by atoms with E-state index < -0.39 is 0 Å². The number of rotatable bonds is 0. The minimum atomic E-state index is 0.0121. The largest absolute Gasteiger partial charge is 0.286 e. The van der Waals surface area contributed by atoms with Crippen LogP contribution in [0.1, 0.15) is 12.5 Å². The Morgan fingerprint density at radius 3 is 3.13 bits per heavy atom. The zero-order valence-electron chi connectivity index (χ0n) is 8.30. The standard InChI is InChI=1S/C11H10N2OS/c1-7-10(14)13-6-8-4-2-3-5-9(8)12-11(13)15-7/h2-5,7H,6H2,1H3/t7-/m1/s1. The fourth-order valence-corrected chi connectivity index (χ4v) is 2.82. The van der Waals surface area contributed by atoms with Gasteiger partial charge < -0.3 is 0 Å². The van der Waals surface area contributed by atoms with E-state index in [9.17, 15) is 4.79 Å². The van der Waals surface area contributed by atoms with Crippen molar-refractivity contribution < 1.29 is 4.79 Å². The van der Waals surface area contributed by atoms with Crippen molar-refractivity contribution in [2.75, 3.05) is 0 Å². The minimum absolute atomic E-state index is 0.0121. The molecule has 2 aliphatic rings. The van der Waals surface area contributed by atoms with Crippen LogP contribution in [0, 0.1) is 0 Å². The second-order valence-corrected chi connectivity index (χ2v) is 5.02. The van der Waals surface area contributed by atoms with Crippen LogP contribution in [0.15, 0.2) is 29.3 Å². The Bertz CT molecular complexity index is 469. The average Bonchev–Trinajstić information content (AvgIpc) is 2.52. The fourth-order valence-electron chi connectivity index (χ4n) is 1.85. The van der Waals surface area contributed by atoms with E-state index in [4.69, 9.17) is 0 Å². The number of thioether (sulfide) groups is 1. The van der Waals surface area contributed by atoms with Crippen molar-refractivity contribution in [3.8, 4) is 0 Å². The number of fused-ring (bicyclic) bond motifs is 2. The molecule has 3 rings (SSSR count). The number of carbonyl (C=O) groups excluding carboxylic acids is 1. The van der Waals surface area contributed by atoms with Gasteiger partial charge in [0, 0.05) is 0 Å². The zero-order valence-corrected chi connectivity index (χ0v) is 9.12. The molecule has 0 bridgehead atoms. The first-order valence-corrected chi connectivity index (χ1v) is 5.78. The van der Waals surface area contributed by atoms with Crippen molar-refractivity contribution in [3.63, 3.8) is 0 Å². The number of amidine groups is 1.